The number of fused-ring (bicyclic) bond motifs is 1. The second kappa shape index (κ2) is 8.78. The third kappa shape index (κ3) is 4.16. The first-order valence-corrected chi connectivity index (χ1v) is 10.7. The van der Waals surface area contributed by atoms with Gasteiger partial charge in [0.2, 0.25) is 0 Å². The molecular weight excluding hydrogens is 407 g/mol. The molecule has 29 heavy (non-hydrogen) atoms. The van der Waals surface area contributed by atoms with Crippen LogP contribution < -0.4 is 0 Å². The number of halogens is 2. The molecule has 0 N–H and O–H groups in total. The van der Waals surface area contributed by atoms with Gasteiger partial charge in [0.05, 0.1) is 12.2 Å². The maximum atomic E-state index is 13.4. The Morgan fingerprint density at radius 2 is 1.79 bits per heavy atom. The van der Waals surface area contributed by atoms with Crippen molar-refractivity contribution in [3.05, 3.63) is 58.2 Å². The molecule has 3 aromatic rings. The van der Waals surface area contributed by atoms with Crippen molar-refractivity contribution < 1.29 is 9.53 Å². The molecular formula is C23H24Cl2N2O2. The highest BCUT2D eigenvalue weighted by Gasteiger charge is 2.24. The van der Waals surface area contributed by atoms with E-state index in [0.717, 1.165) is 53.5 Å². The first-order valence-electron chi connectivity index (χ1n) is 9.95. The second-order valence-corrected chi connectivity index (χ2v) is 8.31. The molecule has 0 unspecified atom stereocenters. The minimum atomic E-state index is 0.0893. The van der Waals surface area contributed by atoms with Gasteiger partial charge in [0.15, 0.2) is 0 Å². The fourth-order valence-electron chi connectivity index (χ4n) is 4.11. The molecule has 152 valence electrons. The highest BCUT2D eigenvalue weighted by molar-refractivity contribution is 6.35. The molecule has 2 aromatic carbocycles. The number of ether oxygens (including phenoxy) is 1. The summed E-state index contributed by atoms with van der Waals surface area (Å²) in [7, 11) is 1.69. The van der Waals surface area contributed by atoms with Gasteiger partial charge >= 0.3 is 0 Å². The summed E-state index contributed by atoms with van der Waals surface area (Å²) in [4.78, 5) is 15.4. The van der Waals surface area contributed by atoms with Crippen molar-refractivity contribution in [3.63, 3.8) is 0 Å². The summed E-state index contributed by atoms with van der Waals surface area (Å²) in [6, 6.07) is 11.6. The van der Waals surface area contributed by atoms with Crippen molar-refractivity contribution in [1.82, 2.24) is 9.47 Å². The van der Waals surface area contributed by atoms with E-state index in [1.54, 1.807) is 13.2 Å². The number of nitrogens with zero attached hydrogens (tertiary/aromatic N) is 2. The predicted molar refractivity (Wildman–Crippen MR) is 119 cm³/mol. The number of rotatable bonds is 5. The molecule has 4 nitrogen and oxygen atoms in total. The van der Waals surface area contributed by atoms with Crippen molar-refractivity contribution in [3.8, 4) is 11.1 Å². The minimum absolute atomic E-state index is 0.0893. The average Bonchev–Trinajstić information content (AvgIpc) is 3.10. The Balaban J connectivity index is 1.90. The number of piperidine rings is 1. The Hall–Kier alpha value is -2.01. The summed E-state index contributed by atoms with van der Waals surface area (Å²) >= 11 is 12.5. The molecule has 4 rings (SSSR count). The Kier molecular flexibility index (Phi) is 6.14. The number of aromatic nitrogens is 1. The van der Waals surface area contributed by atoms with Crippen LogP contribution in [-0.4, -0.2) is 42.2 Å². The minimum Gasteiger partial charge on any atom is -0.383 e. The molecule has 0 aliphatic carbocycles. The number of carbonyl (C=O) groups is 1. The number of likely N-dealkylation sites (tertiary alicyclic amines) is 1. The number of hydrogen-bond acceptors (Lipinski definition) is 2. The fraction of sp³-hybridized carbons (Fsp3) is 0.348. The zero-order valence-electron chi connectivity index (χ0n) is 16.5. The van der Waals surface area contributed by atoms with Crippen LogP contribution in [0.3, 0.4) is 0 Å². The number of methoxy groups -OCH3 is 1. The smallest absolute Gasteiger partial charge is 0.256 e. The van der Waals surface area contributed by atoms with Gasteiger partial charge in [-0.15, -0.1) is 0 Å². The summed E-state index contributed by atoms with van der Waals surface area (Å²) in [6.07, 6.45) is 5.28. The molecule has 1 saturated heterocycles. The van der Waals surface area contributed by atoms with Crippen LogP contribution in [0, 0.1) is 0 Å². The van der Waals surface area contributed by atoms with Gasteiger partial charge in [-0.1, -0.05) is 35.3 Å². The van der Waals surface area contributed by atoms with Gasteiger partial charge in [-0.25, -0.2) is 0 Å². The zero-order valence-corrected chi connectivity index (χ0v) is 18.0. The van der Waals surface area contributed by atoms with Crippen LogP contribution in [0.5, 0.6) is 0 Å². The van der Waals surface area contributed by atoms with Gasteiger partial charge in [-0.2, -0.15) is 0 Å². The van der Waals surface area contributed by atoms with Gasteiger partial charge in [0, 0.05) is 53.9 Å². The highest BCUT2D eigenvalue weighted by Crippen LogP contribution is 2.36. The maximum Gasteiger partial charge on any atom is 0.256 e. The number of hydrogen-bond donors (Lipinski definition) is 0. The lowest BCUT2D eigenvalue weighted by Crippen LogP contribution is -2.35. The average molecular weight is 431 g/mol. The van der Waals surface area contributed by atoms with Crippen LogP contribution in [0.4, 0.5) is 0 Å². The normalized spacial score (nSPS) is 14.5. The topological polar surface area (TPSA) is 34.5 Å². The molecule has 0 bridgehead atoms. The van der Waals surface area contributed by atoms with Gasteiger partial charge in [-0.05, 0) is 54.7 Å². The predicted octanol–water partition coefficient (Wildman–Crippen LogP) is 5.89. The Morgan fingerprint density at radius 1 is 1.07 bits per heavy atom. The van der Waals surface area contributed by atoms with E-state index in [0.29, 0.717) is 23.2 Å². The van der Waals surface area contributed by atoms with E-state index in [-0.39, 0.29) is 5.91 Å². The largest absolute Gasteiger partial charge is 0.383 e. The molecule has 1 aromatic heterocycles. The molecule has 0 radical (unpaired) electrons. The monoisotopic (exact) mass is 430 g/mol. The van der Waals surface area contributed by atoms with Gasteiger partial charge < -0.3 is 14.2 Å². The van der Waals surface area contributed by atoms with E-state index in [1.807, 2.05) is 41.4 Å². The van der Waals surface area contributed by atoms with E-state index in [4.69, 9.17) is 27.9 Å². The van der Waals surface area contributed by atoms with Crippen LogP contribution >= 0.6 is 23.2 Å². The summed E-state index contributed by atoms with van der Waals surface area (Å²) in [5.41, 5.74) is 3.61. The molecule has 1 aliphatic rings. The molecule has 6 heteroatoms. The number of carbonyl (C=O) groups excluding carboxylic acids is 1. The van der Waals surface area contributed by atoms with E-state index in [2.05, 4.69) is 4.57 Å². The van der Waals surface area contributed by atoms with Crippen LogP contribution in [0.1, 0.15) is 29.6 Å². The summed E-state index contributed by atoms with van der Waals surface area (Å²) in [6.45, 7) is 2.89. The Morgan fingerprint density at radius 3 is 2.48 bits per heavy atom. The lowest BCUT2D eigenvalue weighted by Gasteiger charge is -2.26. The summed E-state index contributed by atoms with van der Waals surface area (Å²) < 4.78 is 7.38. The van der Waals surface area contributed by atoms with Crippen LogP contribution in [0.25, 0.3) is 22.0 Å². The fourth-order valence-corrected chi connectivity index (χ4v) is 4.63. The SMILES string of the molecule is COCCn1cc(C(=O)N2CCCCC2)c2c(-c3cc(Cl)cc(Cl)c3)cccc21. The maximum absolute atomic E-state index is 13.4. The van der Waals surface area contributed by atoms with Gasteiger partial charge in [0.25, 0.3) is 5.91 Å². The van der Waals surface area contributed by atoms with Crippen LogP contribution in [0.2, 0.25) is 10.0 Å². The molecule has 0 spiro atoms. The third-order valence-corrected chi connectivity index (χ3v) is 5.93. The summed E-state index contributed by atoms with van der Waals surface area (Å²) in [5, 5.41) is 2.09. The lowest BCUT2D eigenvalue weighted by atomic mass is 9.98. The molecule has 1 amide bonds. The first-order chi connectivity index (χ1) is 14.1. The summed E-state index contributed by atoms with van der Waals surface area (Å²) in [5.74, 6) is 0.0893. The number of benzene rings is 2. The van der Waals surface area contributed by atoms with Crippen molar-refractivity contribution in [2.75, 3.05) is 26.8 Å². The lowest BCUT2D eigenvalue weighted by molar-refractivity contribution is 0.0726. The number of amides is 1. The van der Waals surface area contributed by atoms with Crippen molar-refractivity contribution in [2.24, 2.45) is 0 Å². The standard InChI is InChI=1S/C23H24Cl2N2O2/c1-29-11-10-27-15-20(23(28)26-8-3-2-4-9-26)22-19(6-5-7-21(22)27)16-12-17(24)14-18(25)13-16/h5-7,12-15H,2-4,8-11H2,1H3. The van der Waals surface area contributed by atoms with Crippen molar-refractivity contribution in [2.45, 2.75) is 25.8 Å². The second-order valence-electron chi connectivity index (χ2n) is 7.44. The van der Waals surface area contributed by atoms with Crippen LogP contribution in [0.15, 0.2) is 42.6 Å². The molecule has 0 saturated carbocycles. The van der Waals surface area contributed by atoms with E-state index in [1.165, 1.54) is 6.42 Å². The zero-order chi connectivity index (χ0) is 20.4. The van der Waals surface area contributed by atoms with E-state index >= 15 is 0 Å². The van der Waals surface area contributed by atoms with Crippen LogP contribution in [-0.2, 0) is 11.3 Å². The molecule has 0 atom stereocenters. The quantitative estimate of drug-likeness (QED) is 0.505. The first kappa shape index (κ1) is 20.3. The Bertz CT molecular complexity index is 1020. The molecule has 2 heterocycles. The highest BCUT2D eigenvalue weighted by atomic mass is 35.5. The third-order valence-electron chi connectivity index (χ3n) is 5.49. The van der Waals surface area contributed by atoms with Gasteiger partial charge in [-0.3, -0.25) is 4.79 Å². The van der Waals surface area contributed by atoms with Crippen molar-refractivity contribution in [1.29, 1.82) is 0 Å². The van der Waals surface area contributed by atoms with Crippen molar-refractivity contribution >= 4 is 40.0 Å². The Labute approximate surface area is 181 Å². The molecule has 1 fully saturated rings. The van der Waals surface area contributed by atoms with Gasteiger partial charge in [0.1, 0.15) is 0 Å². The van der Waals surface area contributed by atoms with E-state index < -0.39 is 0 Å². The van der Waals surface area contributed by atoms with E-state index in [9.17, 15) is 4.79 Å². The molecule has 1 aliphatic heterocycles.